The first-order valence-electron chi connectivity index (χ1n) is 9.70. The van der Waals surface area contributed by atoms with E-state index < -0.39 is 6.04 Å². The minimum Gasteiger partial charge on any atom is -0.322 e. The number of piperidine rings is 2. The second-order valence-electron chi connectivity index (χ2n) is 7.81. The van der Waals surface area contributed by atoms with Crippen LogP contribution in [0.5, 0.6) is 0 Å². The molecular weight excluding hydrogens is 344 g/mol. The molecule has 27 heavy (non-hydrogen) atoms. The molecule has 3 aliphatic heterocycles. The van der Waals surface area contributed by atoms with Crippen LogP contribution >= 0.6 is 0 Å². The van der Waals surface area contributed by atoms with E-state index in [0.717, 1.165) is 30.8 Å². The molecule has 144 valence electrons. The van der Waals surface area contributed by atoms with Crippen LogP contribution in [0.3, 0.4) is 0 Å². The number of hydrogen-bond donors (Lipinski definition) is 2. The Morgan fingerprint density at radius 2 is 2.07 bits per heavy atom. The number of rotatable bonds is 4. The van der Waals surface area contributed by atoms with Crippen molar-refractivity contribution in [3.05, 3.63) is 34.9 Å². The van der Waals surface area contributed by atoms with Crippen LogP contribution in [-0.2, 0) is 22.7 Å². The summed E-state index contributed by atoms with van der Waals surface area (Å²) in [6.45, 7) is 3.33. The van der Waals surface area contributed by atoms with Crippen LogP contribution in [0.1, 0.15) is 47.2 Å². The Kier molecular flexibility index (Phi) is 4.97. The molecule has 2 saturated heterocycles. The van der Waals surface area contributed by atoms with Gasteiger partial charge in [0.05, 0.1) is 0 Å². The van der Waals surface area contributed by atoms with Crippen LogP contribution in [-0.4, -0.2) is 59.7 Å². The number of nitrogens with zero attached hydrogens (tertiary/aromatic N) is 2. The van der Waals surface area contributed by atoms with E-state index in [0.29, 0.717) is 24.6 Å². The van der Waals surface area contributed by atoms with E-state index >= 15 is 0 Å². The first-order chi connectivity index (χ1) is 13.0. The lowest BCUT2D eigenvalue weighted by atomic mass is 10.0. The number of carbonyl (C=O) groups excluding carboxylic acids is 3. The Balaban J connectivity index is 1.46. The highest BCUT2D eigenvalue weighted by Gasteiger charge is 2.39. The van der Waals surface area contributed by atoms with Crippen molar-refractivity contribution in [3.63, 3.8) is 0 Å². The van der Waals surface area contributed by atoms with E-state index in [9.17, 15) is 14.4 Å². The SMILES string of the molecule is CN(Cc1ccc2c(c1)C(=O)N(C1CCC(=O)NC1=O)C2)[C@@H]1CCCNC1. The molecule has 4 rings (SSSR count). The van der Waals surface area contributed by atoms with Crippen LogP contribution < -0.4 is 10.6 Å². The quantitative estimate of drug-likeness (QED) is 0.760. The summed E-state index contributed by atoms with van der Waals surface area (Å²) >= 11 is 0. The van der Waals surface area contributed by atoms with E-state index in [2.05, 4.69) is 28.6 Å². The van der Waals surface area contributed by atoms with Gasteiger partial charge in [0.2, 0.25) is 11.8 Å². The summed E-state index contributed by atoms with van der Waals surface area (Å²) in [6.07, 6.45) is 3.06. The van der Waals surface area contributed by atoms with Gasteiger partial charge in [-0.05, 0) is 50.0 Å². The number of imide groups is 1. The summed E-state index contributed by atoms with van der Waals surface area (Å²) in [5.41, 5.74) is 2.75. The minimum absolute atomic E-state index is 0.108. The molecular formula is C20H26N4O3. The second kappa shape index (κ2) is 7.40. The number of benzene rings is 1. The fourth-order valence-corrected chi connectivity index (χ4v) is 4.33. The monoisotopic (exact) mass is 370 g/mol. The molecule has 0 aromatic heterocycles. The average molecular weight is 370 g/mol. The highest BCUT2D eigenvalue weighted by molar-refractivity contribution is 6.05. The van der Waals surface area contributed by atoms with Crippen molar-refractivity contribution in [2.75, 3.05) is 20.1 Å². The molecule has 2 fully saturated rings. The summed E-state index contributed by atoms with van der Waals surface area (Å²) < 4.78 is 0. The van der Waals surface area contributed by atoms with E-state index in [1.165, 1.54) is 12.8 Å². The first-order valence-corrected chi connectivity index (χ1v) is 9.70. The Labute approximate surface area is 159 Å². The minimum atomic E-state index is -0.554. The van der Waals surface area contributed by atoms with Crippen LogP contribution in [0.25, 0.3) is 0 Å². The second-order valence-corrected chi connectivity index (χ2v) is 7.81. The van der Waals surface area contributed by atoms with E-state index in [1.54, 1.807) is 4.90 Å². The molecule has 0 spiro atoms. The van der Waals surface area contributed by atoms with Crippen LogP contribution in [0, 0.1) is 0 Å². The predicted molar refractivity (Wildman–Crippen MR) is 99.8 cm³/mol. The fourth-order valence-electron chi connectivity index (χ4n) is 4.33. The van der Waals surface area contributed by atoms with Gasteiger partial charge >= 0.3 is 0 Å². The molecule has 2 atom stereocenters. The van der Waals surface area contributed by atoms with Gasteiger partial charge in [0.25, 0.3) is 5.91 Å². The number of nitrogens with one attached hydrogen (secondary N) is 2. The third-order valence-electron chi connectivity index (χ3n) is 5.92. The largest absolute Gasteiger partial charge is 0.322 e. The number of amides is 3. The highest BCUT2D eigenvalue weighted by Crippen LogP contribution is 2.28. The average Bonchev–Trinajstić information content (AvgIpc) is 2.99. The zero-order valence-corrected chi connectivity index (χ0v) is 15.7. The van der Waals surface area contributed by atoms with Crippen molar-refractivity contribution in [2.45, 2.75) is 50.9 Å². The summed E-state index contributed by atoms with van der Waals surface area (Å²) in [5, 5.41) is 5.78. The van der Waals surface area contributed by atoms with Crippen LogP contribution in [0.4, 0.5) is 0 Å². The Hall–Kier alpha value is -2.25. The first kappa shape index (κ1) is 18.1. The number of likely N-dealkylation sites (N-methyl/N-ethyl adjacent to an activating group) is 1. The summed E-state index contributed by atoms with van der Waals surface area (Å²) in [6, 6.07) is 6.01. The van der Waals surface area contributed by atoms with Gasteiger partial charge in [-0.3, -0.25) is 24.6 Å². The van der Waals surface area contributed by atoms with Gasteiger partial charge in [-0.1, -0.05) is 12.1 Å². The lowest BCUT2D eigenvalue weighted by molar-refractivity contribution is -0.136. The molecule has 0 aliphatic carbocycles. The molecule has 1 aromatic carbocycles. The van der Waals surface area contributed by atoms with E-state index in [-0.39, 0.29) is 24.1 Å². The Morgan fingerprint density at radius 3 is 2.81 bits per heavy atom. The van der Waals surface area contributed by atoms with Crippen molar-refractivity contribution in [2.24, 2.45) is 0 Å². The molecule has 3 amide bonds. The van der Waals surface area contributed by atoms with Crippen molar-refractivity contribution >= 4 is 17.7 Å². The topological polar surface area (TPSA) is 81.8 Å². The molecule has 1 unspecified atom stereocenters. The maximum Gasteiger partial charge on any atom is 0.255 e. The zero-order valence-electron chi connectivity index (χ0n) is 15.7. The standard InChI is InChI=1S/C20H26N4O3/c1-23(15-3-2-8-21-10-15)11-13-4-5-14-12-24(20(27)16(14)9-13)17-6-7-18(25)22-19(17)26/h4-5,9,15,17,21H,2-3,6-8,10-12H2,1H3,(H,22,25,26)/t15-,17?/m1/s1. The van der Waals surface area contributed by atoms with Crippen molar-refractivity contribution < 1.29 is 14.4 Å². The normalized spacial score (nSPS) is 25.7. The number of fused-ring (bicyclic) bond motifs is 1. The van der Waals surface area contributed by atoms with E-state index in [4.69, 9.17) is 0 Å². The molecule has 3 aliphatic rings. The van der Waals surface area contributed by atoms with Gasteiger partial charge < -0.3 is 10.2 Å². The summed E-state index contributed by atoms with van der Waals surface area (Å²) in [7, 11) is 2.13. The molecule has 3 heterocycles. The van der Waals surface area contributed by atoms with E-state index in [1.807, 2.05) is 12.1 Å². The third-order valence-corrected chi connectivity index (χ3v) is 5.92. The van der Waals surface area contributed by atoms with Crippen LogP contribution in [0.2, 0.25) is 0 Å². The smallest absolute Gasteiger partial charge is 0.255 e. The zero-order chi connectivity index (χ0) is 19.0. The van der Waals surface area contributed by atoms with Crippen molar-refractivity contribution in [3.8, 4) is 0 Å². The molecule has 7 nitrogen and oxygen atoms in total. The molecule has 2 N–H and O–H groups in total. The van der Waals surface area contributed by atoms with Crippen LogP contribution in [0.15, 0.2) is 18.2 Å². The lowest BCUT2D eigenvalue weighted by Crippen LogP contribution is -2.52. The third kappa shape index (κ3) is 3.61. The highest BCUT2D eigenvalue weighted by atomic mass is 16.2. The summed E-state index contributed by atoms with van der Waals surface area (Å²) in [5.74, 6) is -0.733. The summed E-state index contributed by atoms with van der Waals surface area (Å²) in [4.78, 5) is 40.3. The number of hydrogen-bond acceptors (Lipinski definition) is 5. The molecule has 0 saturated carbocycles. The maximum absolute atomic E-state index is 12.9. The van der Waals surface area contributed by atoms with Crippen molar-refractivity contribution in [1.82, 2.24) is 20.4 Å². The maximum atomic E-state index is 12.9. The molecule has 7 heteroatoms. The van der Waals surface area contributed by atoms with Gasteiger partial charge in [-0.2, -0.15) is 0 Å². The van der Waals surface area contributed by atoms with Crippen molar-refractivity contribution in [1.29, 1.82) is 0 Å². The Morgan fingerprint density at radius 1 is 1.22 bits per heavy atom. The van der Waals surface area contributed by atoms with Gasteiger partial charge in [0.1, 0.15) is 6.04 Å². The van der Waals surface area contributed by atoms with Gasteiger partial charge in [0, 0.05) is 37.7 Å². The van der Waals surface area contributed by atoms with Gasteiger partial charge in [-0.25, -0.2) is 0 Å². The predicted octanol–water partition coefficient (Wildman–Crippen LogP) is 0.631. The fraction of sp³-hybridized carbons (Fsp3) is 0.550. The molecule has 0 radical (unpaired) electrons. The van der Waals surface area contributed by atoms with Gasteiger partial charge in [0.15, 0.2) is 0 Å². The lowest BCUT2D eigenvalue weighted by Gasteiger charge is -2.31. The molecule has 0 bridgehead atoms. The Bertz CT molecular complexity index is 772. The van der Waals surface area contributed by atoms with Gasteiger partial charge in [-0.15, -0.1) is 0 Å². The molecule has 1 aromatic rings. The number of carbonyl (C=O) groups is 3.